The molecule has 3 aliphatic rings. The number of fused-ring (bicyclic) bond motifs is 1. The van der Waals surface area contributed by atoms with Crippen LogP contribution < -0.4 is 19.3 Å². The average Bonchev–Trinajstić information content (AvgIpc) is 3.37. The van der Waals surface area contributed by atoms with Crippen molar-refractivity contribution in [1.29, 1.82) is 0 Å². The van der Waals surface area contributed by atoms with E-state index in [-0.39, 0.29) is 6.10 Å². The van der Waals surface area contributed by atoms with Gasteiger partial charge in [-0.2, -0.15) is 4.98 Å². The maximum Gasteiger partial charge on any atom is 0.231 e. The molecule has 8 heteroatoms. The fourth-order valence-electron chi connectivity index (χ4n) is 4.02. The van der Waals surface area contributed by atoms with Crippen molar-refractivity contribution in [2.45, 2.75) is 19.1 Å². The first-order valence-electron chi connectivity index (χ1n) is 9.86. The summed E-state index contributed by atoms with van der Waals surface area (Å²) in [5.74, 6) is 3.36. The van der Waals surface area contributed by atoms with E-state index < -0.39 is 0 Å². The van der Waals surface area contributed by atoms with Crippen LogP contribution in [0.5, 0.6) is 11.5 Å². The lowest BCUT2D eigenvalue weighted by Gasteiger charge is -2.35. The molecule has 0 spiro atoms. The Balaban J connectivity index is 1.19. The molecule has 3 aliphatic heterocycles. The molecule has 1 N–H and O–H groups in total. The normalized spacial score (nSPS) is 22.1. The second-order valence-corrected chi connectivity index (χ2v) is 7.55. The van der Waals surface area contributed by atoms with Crippen LogP contribution in [0.4, 0.5) is 11.8 Å². The second kappa shape index (κ2) is 7.44. The lowest BCUT2D eigenvalue weighted by atomic mass is 10.1. The van der Waals surface area contributed by atoms with Crippen LogP contribution in [0.3, 0.4) is 0 Å². The monoisotopic (exact) mass is 383 g/mol. The molecule has 8 nitrogen and oxygen atoms in total. The zero-order valence-electron chi connectivity index (χ0n) is 15.8. The molecule has 0 unspecified atom stereocenters. The van der Waals surface area contributed by atoms with Crippen molar-refractivity contribution in [3.8, 4) is 11.5 Å². The molecule has 0 radical (unpaired) electrons. The molecular weight excluding hydrogens is 358 g/mol. The number of aliphatic hydroxyl groups excluding tert-OH is 1. The lowest BCUT2D eigenvalue weighted by Crippen LogP contribution is -2.46. The number of benzene rings is 1. The summed E-state index contributed by atoms with van der Waals surface area (Å²) in [5, 5.41) is 9.76. The van der Waals surface area contributed by atoms with Gasteiger partial charge in [0.25, 0.3) is 0 Å². The van der Waals surface area contributed by atoms with Gasteiger partial charge in [-0.25, -0.2) is 4.98 Å². The molecule has 148 valence electrons. The summed E-state index contributed by atoms with van der Waals surface area (Å²) in [6, 6.07) is 8.10. The van der Waals surface area contributed by atoms with Gasteiger partial charge in [0.05, 0.1) is 6.10 Å². The molecule has 28 heavy (non-hydrogen) atoms. The first-order valence-corrected chi connectivity index (χ1v) is 9.86. The van der Waals surface area contributed by atoms with Gasteiger partial charge in [-0.05, 0) is 30.2 Å². The van der Waals surface area contributed by atoms with Crippen LogP contribution in [0.1, 0.15) is 12.0 Å². The molecule has 0 saturated carbocycles. The van der Waals surface area contributed by atoms with E-state index in [9.17, 15) is 5.11 Å². The number of anilines is 2. The quantitative estimate of drug-likeness (QED) is 0.841. The predicted octanol–water partition coefficient (Wildman–Crippen LogP) is 1.10. The van der Waals surface area contributed by atoms with Crippen LogP contribution in [0, 0.1) is 0 Å². The third-order valence-electron chi connectivity index (χ3n) is 5.61. The van der Waals surface area contributed by atoms with Crippen LogP contribution in [-0.4, -0.2) is 72.1 Å². The minimum Gasteiger partial charge on any atom is -0.454 e. The zero-order valence-corrected chi connectivity index (χ0v) is 15.8. The van der Waals surface area contributed by atoms with Crippen molar-refractivity contribution < 1.29 is 14.6 Å². The highest BCUT2D eigenvalue weighted by atomic mass is 16.7. The minimum absolute atomic E-state index is 0.252. The molecule has 2 aromatic rings. The van der Waals surface area contributed by atoms with Gasteiger partial charge in [0.15, 0.2) is 11.5 Å². The van der Waals surface area contributed by atoms with Crippen LogP contribution in [-0.2, 0) is 6.54 Å². The first-order chi connectivity index (χ1) is 13.7. The summed E-state index contributed by atoms with van der Waals surface area (Å²) in [6.45, 7) is 6.44. The number of β-amino-alcohol motifs (C(OH)–C–C–N with tert-alkyl or cyclic N) is 1. The Morgan fingerprint density at radius 1 is 1.00 bits per heavy atom. The zero-order chi connectivity index (χ0) is 18.9. The van der Waals surface area contributed by atoms with E-state index >= 15 is 0 Å². The van der Waals surface area contributed by atoms with Crippen LogP contribution in [0.15, 0.2) is 30.5 Å². The van der Waals surface area contributed by atoms with Crippen molar-refractivity contribution in [3.05, 3.63) is 36.0 Å². The smallest absolute Gasteiger partial charge is 0.231 e. The number of aliphatic hydroxyl groups is 1. The van der Waals surface area contributed by atoms with Gasteiger partial charge in [0, 0.05) is 52.0 Å². The summed E-state index contributed by atoms with van der Waals surface area (Å²) in [5.41, 5.74) is 1.24. The SMILES string of the molecule is O[C@H]1CCN(c2ccnc(N3CCN(Cc4ccc5c(c4)OCO5)CC3)n2)C1. The second-order valence-electron chi connectivity index (χ2n) is 7.55. The predicted molar refractivity (Wildman–Crippen MR) is 105 cm³/mol. The number of hydrogen-bond acceptors (Lipinski definition) is 8. The van der Waals surface area contributed by atoms with Crippen LogP contribution in [0.2, 0.25) is 0 Å². The maximum absolute atomic E-state index is 9.76. The molecule has 2 fully saturated rings. The Labute approximate surface area is 164 Å². The number of hydrogen-bond donors (Lipinski definition) is 1. The third kappa shape index (κ3) is 3.57. The van der Waals surface area contributed by atoms with Crippen LogP contribution in [0.25, 0.3) is 0 Å². The number of rotatable bonds is 4. The summed E-state index contributed by atoms with van der Waals surface area (Å²) in [6.07, 6.45) is 2.37. The fraction of sp³-hybridized carbons (Fsp3) is 0.500. The van der Waals surface area contributed by atoms with Crippen molar-refractivity contribution in [3.63, 3.8) is 0 Å². The summed E-state index contributed by atoms with van der Waals surface area (Å²) >= 11 is 0. The van der Waals surface area contributed by atoms with Gasteiger partial charge < -0.3 is 24.4 Å². The Hall–Kier alpha value is -2.58. The Kier molecular flexibility index (Phi) is 4.66. The Morgan fingerprint density at radius 2 is 1.86 bits per heavy atom. The van der Waals surface area contributed by atoms with Gasteiger partial charge in [-0.1, -0.05) is 6.07 Å². The molecule has 0 amide bonds. The molecule has 0 bridgehead atoms. The van der Waals surface area contributed by atoms with E-state index in [1.165, 1.54) is 5.56 Å². The van der Waals surface area contributed by atoms with Crippen molar-refractivity contribution in [1.82, 2.24) is 14.9 Å². The third-order valence-corrected chi connectivity index (χ3v) is 5.61. The maximum atomic E-state index is 9.76. The number of ether oxygens (including phenoxy) is 2. The topological polar surface area (TPSA) is 74.2 Å². The van der Waals surface area contributed by atoms with Gasteiger partial charge in [-0.15, -0.1) is 0 Å². The highest BCUT2D eigenvalue weighted by Gasteiger charge is 2.24. The Morgan fingerprint density at radius 3 is 2.68 bits per heavy atom. The van der Waals surface area contributed by atoms with E-state index in [1.807, 2.05) is 18.3 Å². The van der Waals surface area contributed by atoms with Crippen molar-refractivity contribution in [2.24, 2.45) is 0 Å². The molecule has 2 saturated heterocycles. The summed E-state index contributed by atoms with van der Waals surface area (Å²) < 4.78 is 10.9. The Bertz CT molecular complexity index is 840. The number of nitrogens with zero attached hydrogens (tertiary/aromatic N) is 5. The van der Waals surface area contributed by atoms with Crippen molar-refractivity contribution in [2.75, 3.05) is 55.9 Å². The molecule has 1 aromatic carbocycles. The van der Waals surface area contributed by atoms with Gasteiger partial charge in [-0.3, -0.25) is 4.90 Å². The van der Waals surface area contributed by atoms with Crippen molar-refractivity contribution >= 4 is 11.8 Å². The highest BCUT2D eigenvalue weighted by molar-refractivity contribution is 5.46. The number of piperazine rings is 1. The number of aromatic nitrogens is 2. The standard InChI is InChI=1S/C20H25N5O3/c26-16-4-6-25(13-16)19-3-5-21-20(22-19)24-9-7-23(8-10-24)12-15-1-2-17-18(11-15)28-14-27-17/h1-3,5,11,16,26H,4,6-10,12-14H2/t16-/m0/s1. The molecule has 1 atom stereocenters. The van der Waals surface area contributed by atoms with E-state index in [0.717, 1.165) is 69.0 Å². The van der Waals surface area contributed by atoms with E-state index in [2.05, 4.69) is 31.8 Å². The molecule has 4 heterocycles. The lowest BCUT2D eigenvalue weighted by molar-refractivity contribution is 0.174. The van der Waals surface area contributed by atoms with E-state index in [0.29, 0.717) is 13.3 Å². The molecule has 0 aliphatic carbocycles. The molecule has 5 rings (SSSR count). The average molecular weight is 383 g/mol. The van der Waals surface area contributed by atoms with Gasteiger partial charge >= 0.3 is 0 Å². The summed E-state index contributed by atoms with van der Waals surface area (Å²) in [4.78, 5) is 16.0. The molecule has 1 aromatic heterocycles. The largest absolute Gasteiger partial charge is 0.454 e. The van der Waals surface area contributed by atoms with E-state index in [4.69, 9.17) is 14.5 Å². The fourth-order valence-corrected chi connectivity index (χ4v) is 4.02. The van der Waals surface area contributed by atoms with Gasteiger partial charge in [0.2, 0.25) is 12.7 Å². The molecular formula is C20H25N5O3. The first kappa shape index (κ1) is 17.5. The minimum atomic E-state index is -0.252. The summed E-state index contributed by atoms with van der Waals surface area (Å²) in [7, 11) is 0. The highest BCUT2D eigenvalue weighted by Crippen LogP contribution is 2.33. The van der Waals surface area contributed by atoms with E-state index in [1.54, 1.807) is 0 Å². The van der Waals surface area contributed by atoms with Gasteiger partial charge in [0.1, 0.15) is 5.82 Å². The van der Waals surface area contributed by atoms with Crippen LogP contribution >= 0.6 is 0 Å².